The van der Waals surface area contributed by atoms with E-state index in [2.05, 4.69) is 10.1 Å². The molecule has 2 aromatic rings. The second-order valence-corrected chi connectivity index (χ2v) is 3.46. The van der Waals surface area contributed by atoms with E-state index in [1.807, 2.05) is 0 Å². The Morgan fingerprint density at radius 1 is 1.65 bits per heavy atom. The van der Waals surface area contributed by atoms with Gasteiger partial charge in [-0.3, -0.25) is 14.9 Å². The van der Waals surface area contributed by atoms with Crippen LogP contribution in [0.25, 0.3) is 11.0 Å². The van der Waals surface area contributed by atoms with Crippen molar-refractivity contribution in [2.24, 2.45) is 0 Å². The average Bonchev–Trinajstić information content (AvgIpc) is 2.54. The van der Waals surface area contributed by atoms with E-state index in [4.69, 9.17) is 5.11 Å². The predicted molar refractivity (Wildman–Crippen MR) is 56.6 cm³/mol. The van der Waals surface area contributed by atoms with Gasteiger partial charge >= 0.3 is 5.97 Å². The van der Waals surface area contributed by atoms with E-state index in [1.54, 1.807) is 6.92 Å². The highest BCUT2D eigenvalue weighted by Crippen LogP contribution is 2.21. The molecule has 88 valence electrons. The normalized spacial score (nSPS) is 10.6. The topological polar surface area (TPSA) is 111 Å². The lowest BCUT2D eigenvalue weighted by atomic mass is 10.2. The summed E-state index contributed by atoms with van der Waals surface area (Å²) in [6.45, 7) is 1.32. The summed E-state index contributed by atoms with van der Waals surface area (Å²) >= 11 is 0. The molecule has 0 atom stereocenters. The lowest BCUT2D eigenvalue weighted by molar-refractivity contribution is -0.385. The zero-order valence-electron chi connectivity index (χ0n) is 8.82. The average molecular weight is 236 g/mol. The molecule has 0 saturated heterocycles. The van der Waals surface area contributed by atoms with Gasteiger partial charge in [0, 0.05) is 11.5 Å². The second-order valence-electron chi connectivity index (χ2n) is 3.46. The van der Waals surface area contributed by atoms with Crippen LogP contribution in [0.4, 0.5) is 5.69 Å². The molecule has 2 rings (SSSR count). The van der Waals surface area contributed by atoms with Gasteiger partial charge in [0.1, 0.15) is 12.7 Å². The van der Waals surface area contributed by atoms with Crippen LogP contribution in [-0.4, -0.2) is 30.8 Å². The summed E-state index contributed by atoms with van der Waals surface area (Å²) < 4.78 is 1.21. The molecule has 8 nitrogen and oxygen atoms in total. The van der Waals surface area contributed by atoms with Crippen molar-refractivity contribution >= 4 is 22.7 Å². The SMILES string of the molecule is Cc1nn(CC(=O)O)c2ncc([N+](=O)[O-])cc12. The molecule has 0 fully saturated rings. The summed E-state index contributed by atoms with van der Waals surface area (Å²) in [6.07, 6.45) is 1.09. The number of nitro groups is 1. The van der Waals surface area contributed by atoms with Crippen LogP contribution in [0, 0.1) is 17.0 Å². The van der Waals surface area contributed by atoms with E-state index in [9.17, 15) is 14.9 Å². The standard InChI is InChI=1S/C9H8N4O4/c1-5-7-2-6(13(16)17)3-10-9(7)12(11-5)4-8(14)15/h2-3H,4H2,1H3,(H,14,15). The zero-order valence-corrected chi connectivity index (χ0v) is 8.82. The van der Waals surface area contributed by atoms with Crippen LogP contribution in [0.3, 0.4) is 0 Å². The summed E-state index contributed by atoms with van der Waals surface area (Å²) in [5.41, 5.74) is 0.698. The third-order valence-electron chi connectivity index (χ3n) is 2.25. The van der Waals surface area contributed by atoms with Gasteiger partial charge in [-0.2, -0.15) is 5.10 Å². The number of carbonyl (C=O) groups is 1. The Bertz CT molecular complexity index is 619. The molecule has 2 aromatic heterocycles. The van der Waals surface area contributed by atoms with Gasteiger partial charge in [0.2, 0.25) is 0 Å². The quantitative estimate of drug-likeness (QED) is 0.621. The summed E-state index contributed by atoms with van der Waals surface area (Å²) in [4.78, 5) is 24.5. The van der Waals surface area contributed by atoms with Crippen LogP contribution in [0.5, 0.6) is 0 Å². The molecule has 1 N–H and O–H groups in total. The van der Waals surface area contributed by atoms with Crippen LogP contribution < -0.4 is 0 Å². The highest BCUT2D eigenvalue weighted by Gasteiger charge is 2.15. The first-order valence-electron chi connectivity index (χ1n) is 4.68. The second kappa shape index (κ2) is 3.81. The number of pyridine rings is 1. The zero-order chi connectivity index (χ0) is 12.6. The fraction of sp³-hybridized carbons (Fsp3) is 0.222. The first kappa shape index (κ1) is 11.0. The van der Waals surface area contributed by atoms with Crippen LogP contribution in [-0.2, 0) is 11.3 Å². The molecule has 0 aromatic carbocycles. The molecular formula is C9H8N4O4. The molecule has 0 aliphatic carbocycles. The Labute approximate surface area is 94.6 Å². The van der Waals surface area contributed by atoms with Crippen molar-refractivity contribution in [2.75, 3.05) is 0 Å². The molecule has 0 amide bonds. The first-order chi connectivity index (χ1) is 7.99. The molecule has 0 spiro atoms. The minimum atomic E-state index is -1.05. The van der Waals surface area contributed by atoms with E-state index < -0.39 is 10.9 Å². The van der Waals surface area contributed by atoms with Crippen molar-refractivity contribution in [1.29, 1.82) is 0 Å². The van der Waals surface area contributed by atoms with E-state index in [1.165, 1.54) is 10.7 Å². The molecule has 0 bridgehead atoms. The lowest BCUT2D eigenvalue weighted by Crippen LogP contribution is -2.10. The minimum absolute atomic E-state index is 0.143. The Morgan fingerprint density at radius 2 is 2.35 bits per heavy atom. The molecule has 0 aliphatic heterocycles. The van der Waals surface area contributed by atoms with E-state index in [0.29, 0.717) is 16.7 Å². The van der Waals surface area contributed by atoms with Gasteiger partial charge in [-0.25, -0.2) is 9.67 Å². The monoisotopic (exact) mass is 236 g/mol. The number of aromatic nitrogens is 3. The third-order valence-corrected chi connectivity index (χ3v) is 2.25. The number of hydrogen-bond donors (Lipinski definition) is 1. The number of aryl methyl sites for hydroxylation is 1. The first-order valence-corrected chi connectivity index (χ1v) is 4.68. The summed E-state index contributed by atoms with van der Waals surface area (Å²) in [5, 5.41) is 23.7. The van der Waals surface area contributed by atoms with Crippen molar-refractivity contribution in [3.05, 3.63) is 28.1 Å². The van der Waals surface area contributed by atoms with Gasteiger partial charge < -0.3 is 5.11 Å². The highest BCUT2D eigenvalue weighted by atomic mass is 16.6. The number of hydrogen-bond acceptors (Lipinski definition) is 5. The van der Waals surface area contributed by atoms with Crippen LogP contribution in [0.2, 0.25) is 0 Å². The fourth-order valence-electron chi connectivity index (χ4n) is 1.54. The number of carboxylic acid groups (broad SMARTS) is 1. The van der Waals surface area contributed by atoms with Gasteiger partial charge in [0.15, 0.2) is 5.65 Å². The fourth-order valence-corrected chi connectivity index (χ4v) is 1.54. The van der Waals surface area contributed by atoms with Crippen molar-refractivity contribution in [1.82, 2.24) is 14.8 Å². The number of rotatable bonds is 3. The van der Waals surface area contributed by atoms with Crippen molar-refractivity contribution in [3.8, 4) is 0 Å². The van der Waals surface area contributed by atoms with E-state index in [0.717, 1.165) is 6.20 Å². The van der Waals surface area contributed by atoms with Gasteiger partial charge in [-0.15, -0.1) is 0 Å². The van der Waals surface area contributed by atoms with Crippen molar-refractivity contribution < 1.29 is 14.8 Å². The van der Waals surface area contributed by atoms with E-state index in [-0.39, 0.29) is 12.2 Å². The maximum absolute atomic E-state index is 10.6. The molecule has 0 aliphatic rings. The summed E-state index contributed by atoms with van der Waals surface area (Å²) in [7, 11) is 0. The third kappa shape index (κ3) is 1.92. The summed E-state index contributed by atoms with van der Waals surface area (Å²) in [5.74, 6) is -1.05. The molecule has 8 heteroatoms. The number of aliphatic carboxylic acids is 1. The molecule has 0 radical (unpaired) electrons. The van der Waals surface area contributed by atoms with Crippen LogP contribution >= 0.6 is 0 Å². The maximum atomic E-state index is 10.6. The molecule has 0 unspecified atom stereocenters. The van der Waals surface area contributed by atoms with Gasteiger partial charge in [0.25, 0.3) is 5.69 Å². The van der Waals surface area contributed by atoms with Crippen molar-refractivity contribution in [3.63, 3.8) is 0 Å². The Hall–Kier alpha value is -2.51. The molecule has 2 heterocycles. The smallest absolute Gasteiger partial charge is 0.325 e. The minimum Gasteiger partial charge on any atom is -0.480 e. The molecule has 0 saturated carbocycles. The largest absolute Gasteiger partial charge is 0.480 e. The van der Waals surface area contributed by atoms with Gasteiger partial charge in [-0.05, 0) is 6.92 Å². The van der Waals surface area contributed by atoms with Crippen LogP contribution in [0.15, 0.2) is 12.3 Å². The molecule has 17 heavy (non-hydrogen) atoms. The Balaban J connectivity index is 2.60. The van der Waals surface area contributed by atoms with Gasteiger partial charge in [-0.1, -0.05) is 0 Å². The van der Waals surface area contributed by atoms with E-state index >= 15 is 0 Å². The number of nitrogens with zero attached hydrogens (tertiary/aromatic N) is 4. The van der Waals surface area contributed by atoms with Gasteiger partial charge in [0.05, 0.1) is 10.6 Å². The predicted octanol–water partition coefficient (Wildman–Crippen LogP) is 0.733. The Morgan fingerprint density at radius 3 is 2.94 bits per heavy atom. The number of carboxylic acids is 1. The van der Waals surface area contributed by atoms with Crippen molar-refractivity contribution in [2.45, 2.75) is 13.5 Å². The maximum Gasteiger partial charge on any atom is 0.325 e. The Kier molecular flexibility index (Phi) is 2.47. The molecular weight excluding hydrogens is 228 g/mol. The lowest BCUT2D eigenvalue weighted by Gasteiger charge is -1.97. The number of fused-ring (bicyclic) bond motifs is 1. The summed E-state index contributed by atoms with van der Waals surface area (Å²) in [6, 6.07) is 1.34. The van der Waals surface area contributed by atoms with Crippen LogP contribution in [0.1, 0.15) is 5.69 Å². The highest BCUT2D eigenvalue weighted by molar-refractivity contribution is 5.81.